The fraction of sp³-hybridized carbons (Fsp3) is 0.238. The van der Waals surface area contributed by atoms with Crippen molar-refractivity contribution >= 4 is 28.4 Å². The van der Waals surface area contributed by atoms with E-state index < -0.39 is 0 Å². The third-order valence-corrected chi connectivity index (χ3v) is 4.27. The molecule has 1 aromatic heterocycles. The fourth-order valence-corrected chi connectivity index (χ4v) is 2.94. The third kappa shape index (κ3) is 4.14. The van der Waals surface area contributed by atoms with Crippen molar-refractivity contribution in [1.29, 1.82) is 0 Å². The average Bonchev–Trinajstić information content (AvgIpc) is 2.65. The zero-order valence-electron chi connectivity index (χ0n) is 15.5. The highest BCUT2D eigenvalue weighted by atomic mass is 35.5. The molecular weight excluding hydrogens is 348 g/mol. The molecule has 0 spiro atoms. The second-order valence-corrected chi connectivity index (χ2v) is 6.20. The first-order valence-electron chi connectivity index (χ1n) is 8.59. The minimum Gasteiger partial charge on any atom is -0.349 e. The molecule has 0 aliphatic heterocycles. The van der Waals surface area contributed by atoms with E-state index in [2.05, 4.69) is 5.32 Å². The number of pyridine rings is 1. The summed E-state index contributed by atoms with van der Waals surface area (Å²) in [7, 11) is 1.84. The number of nitrogens with zero attached hydrogens (tertiary/aromatic N) is 1. The van der Waals surface area contributed by atoms with Crippen LogP contribution in [-0.2, 0) is 13.6 Å². The molecule has 0 saturated heterocycles. The first-order chi connectivity index (χ1) is 12.5. The molecule has 0 bridgehead atoms. The van der Waals surface area contributed by atoms with Gasteiger partial charge in [-0.05, 0) is 36.2 Å². The van der Waals surface area contributed by atoms with Crippen molar-refractivity contribution < 1.29 is 4.79 Å². The topological polar surface area (TPSA) is 51.1 Å². The first kappa shape index (κ1) is 19.7. The summed E-state index contributed by atoms with van der Waals surface area (Å²) in [5.41, 5.74) is 2.66. The van der Waals surface area contributed by atoms with Gasteiger partial charge in [-0.15, -0.1) is 0 Å². The lowest BCUT2D eigenvalue weighted by atomic mass is 10.1. The molecule has 0 unspecified atom stereocenters. The van der Waals surface area contributed by atoms with E-state index in [-0.39, 0.29) is 16.9 Å². The summed E-state index contributed by atoms with van der Waals surface area (Å²) in [6.07, 6.45) is 1.59. The molecule has 4 nitrogen and oxygen atoms in total. The van der Waals surface area contributed by atoms with Gasteiger partial charge in [0.15, 0.2) is 0 Å². The lowest BCUT2D eigenvalue weighted by Gasteiger charge is -2.11. The highest BCUT2D eigenvalue weighted by Gasteiger charge is 2.15. The molecule has 0 radical (unpaired) electrons. The summed E-state index contributed by atoms with van der Waals surface area (Å²) in [4.78, 5) is 25.1. The first-order valence-corrected chi connectivity index (χ1v) is 8.97. The van der Waals surface area contributed by atoms with Gasteiger partial charge in [0.2, 0.25) is 5.43 Å². The van der Waals surface area contributed by atoms with Gasteiger partial charge in [0, 0.05) is 30.2 Å². The molecule has 1 N–H and O–H groups in total. The van der Waals surface area contributed by atoms with Crippen LogP contribution < -0.4 is 10.7 Å². The van der Waals surface area contributed by atoms with Crippen molar-refractivity contribution in [3.05, 3.63) is 80.6 Å². The minimum atomic E-state index is -0.381. The summed E-state index contributed by atoms with van der Waals surface area (Å²) < 4.78 is 1.82. The fourth-order valence-electron chi connectivity index (χ4n) is 2.81. The van der Waals surface area contributed by atoms with Crippen molar-refractivity contribution in [2.24, 2.45) is 7.05 Å². The van der Waals surface area contributed by atoms with Gasteiger partial charge in [0.1, 0.15) is 5.56 Å². The van der Waals surface area contributed by atoms with Gasteiger partial charge >= 0.3 is 0 Å². The van der Waals surface area contributed by atoms with Crippen LogP contribution >= 0.6 is 11.6 Å². The van der Waals surface area contributed by atoms with Crippen molar-refractivity contribution in [1.82, 2.24) is 9.88 Å². The van der Waals surface area contributed by atoms with Crippen LogP contribution in [0.5, 0.6) is 0 Å². The summed E-state index contributed by atoms with van der Waals surface area (Å²) in [5.74, 6) is -0.381. The lowest BCUT2D eigenvalue weighted by Crippen LogP contribution is -2.29. The van der Waals surface area contributed by atoms with Gasteiger partial charge in [-0.3, -0.25) is 9.59 Å². The van der Waals surface area contributed by atoms with E-state index in [1.165, 1.54) is 0 Å². The molecule has 0 atom stereocenters. The van der Waals surface area contributed by atoms with E-state index in [0.29, 0.717) is 17.0 Å². The molecule has 3 aromatic rings. The Hall–Kier alpha value is -2.59. The smallest absolute Gasteiger partial charge is 0.257 e. The number of para-hydroxylation sites is 1. The van der Waals surface area contributed by atoms with Crippen molar-refractivity contribution in [2.75, 3.05) is 0 Å². The maximum absolute atomic E-state index is 12.6. The molecule has 5 heteroatoms. The number of amides is 1. The number of benzene rings is 2. The minimum absolute atomic E-state index is 0.143. The van der Waals surface area contributed by atoms with Gasteiger partial charge in [-0.2, -0.15) is 0 Å². The Balaban J connectivity index is 0.00000117. The summed E-state index contributed by atoms with van der Waals surface area (Å²) >= 11 is 5.85. The van der Waals surface area contributed by atoms with Crippen LogP contribution in [0.25, 0.3) is 10.9 Å². The van der Waals surface area contributed by atoms with Crippen molar-refractivity contribution in [3.63, 3.8) is 0 Å². The molecule has 2 aromatic carbocycles. The van der Waals surface area contributed by atoms with E-state index >= 15 is 0 Å². The number of carbonyl (C=O) groups is 1. The molecule has 0 fully saturated rings. The van der Waals surface area contributed by atoms with E-state index in [0.717, 1.165) is 16.6 Å². The Labute approximate surface area is 158 Å². The normalized spacial score (nSPS) is 10.2. The van der Waals surface area contributed by atoms with E-state index in [9.17, 15) is 9.59 Å². The molecule has 136 valence electrons. The second-order valence-electron chi connectivity index (χ2n) is 5.76. The third-order valence-electron chi connectivity index (χ3n) is 4.01. The van der Waals surface area contributed by atoms with E-state index in [4.69, 9.17) is 11.6 Å². The van der Waals surface area contributed by atoms with Gasteiger partial charge in [-0.25, -0.2) is 0 Å². The Morgan fingerprint density at radius 3 is 2.42 bits per heavy atom. The number of hydrogen-bond donors (Lipinski definition) is 1. The molecular formula is C21H23ClN2O2. The standard InChI is InChI=1S/C19H17ClN2O2.C2H6/c1-12-4-3-5-15-17(12)22(2)11-16(18(15)23)19(24)21-10-13-6-8-14(20)9-7-13;1-2/h3-9,11H,10H2,1-2H3,(H,21,24);1-2H3. The molecule has 3 rings (SSSR count). The van der Waals surface area contributed by atoms with Gasteiger partial charge in [0.05, 0.1) is 5.52 Å². The van der Waals surface area contributed by atoms with E-state index in [1.54, 1.807) is 24.4 Å². The number of nitrogens with one attached hydrogen (secondary N) is 1. The number of fused-ring (bicyclic) bond motifs is 1. The highest BCUT2D eigenvalue weighted by molar-refractivity contribution is 6.30. The summed E-state index contributed by atoms with van der Waals surface area (Å²) in [5, 5.41) is 3.98. The number of halogens is 1. The van der Waals surface area contributed by atoms with E-state index in [1.807, 2.05) is 56.7 Å². The van der Waals surface area contributed by atoms with Crippen LogP contribution in [0.3, 0.4) is 0 Å². The van der Waals surface area contributed by atoms with Crippen LogP contribution in [0.4, 0.5) is 0 Å². The monoisotopic (exact) mass is 370 g/mol. The molecule has 0 aliphatic rings. The maximum Gasteiger partial charge on any atom is 0.257 e. The molecule has 1 heterocycles. The Morgan fingerprint density at radius 2 is 1.77 bits per heavy atom. The van der Waals surface area contributed by atoms with Crippen LogP contribution in [0.1, 0.15) is 35.3 Å². The van der Waals surface area contributed by atoms with Gasteiger partial charge in [-0.1, -0.05) is 49.7 Å². The molecule has 26 heavy (non-hydrogen) atoms. The SMILES string of the molecule is CC.Cc1cccc2c(=O)c(C(=O)NCc3ccc(Cl)cc3)cn(C)c12. The summed E-state index contributed by atoms with van der Waals surface area (Å²) in [6.45, 7) is 6.28. The zero-order chi connectivity index (χ0) is 19.3. The number of hydrogen-bond acceptors (Lipinski definition) is 2. The Morgan fingerprint density at radius 1 is 1.12 bits per heavy atom. The average molecular weight is 371 g/mol. The number of carbonyl (C=O) groups excluding carboxylic acids is 1. The largest absolute Gasteiger partial charge is 0.349 e. The predicted octanol–water partition coefficient (Wildman–Crippen LogP) is 4.46. The molecule has 0 aliphatic carbocycles. The molecule has 1 amide bonds. The number of aryl methyl sites for hydroxylation is 2. The van der Waals surface area contributed by atoms with Crippen LogP contribution in [0.15, 0.2) is 53.5 Å². The number of rotatable bonds is 3. The van der Waals surface area contributed by atoms with Crippen LogP contribution in [0.2, 0.25) is 5.02 Å². The highest BCUT2D eigenvalue weighted by Crippen LogP contribution is 2.15. The predicted molar refractivity (Wildman–Crippen MR) is 108 cm³/mol. The zero-order valence-corrected chi connectivity index (χ0v) is 16.2. The number of aromatic nitrogens is 1. The quantitative estimate of drug-likeness (QED) is 0.740. The van der Waals surface area contributed by atoms with Crippen LogP contribution in [-0.4, -0.2) is 10.5 Å². The van der Waals surface area contributed by atoms with Gasteiger partial charge < -0.3 is 9.88 Å². The van der Waals surface area contributed by atoms with Gasteiger partial charge in [0.25, 0.3) is 5.91 Å². The van der Waals surface area contributed by atoms with Crippen LogP contribution in [0, 0.1) is 6.92 Å². The second kappa shape index (κ2) is 8.68. The summed E-state index contributed by atoms with van der Waals surface area (Å²) in [6, 6.07) is 12.7. The Bertz CT molecular complexity index is 976. The Kier molecular flexibility index (Phi) is 6.58. The van der Waals surface area contributed by atoms with Crippen molar-refractivity contribution in [2.45, 2.75) is 27.3 Å². The molecule has 0 saturated carbocycles. The maximum atomic E-state index is 12.6. The van der Waals surface area contributed by atoms with Crippen molar-refractivity contribution in [3.8, 4) is 0 Å². The lowest BCUT2D eigenvalue weighted by molar-refractivity contribution is 0.0949.